The zero-order chi connectivity index (χ0) is 32.9. The van der Waals surface area contributed by atoms with E-state index in [1.165, 1.54) is 81.1 Å². The van der Waals surface area contributed by atoms with Crippen LogP contribution in [-0.4, -0.2) is 11.2 Å². The fourth-order valence-corrected chi connectivity index (χ4v) is 9.45. The summed E-state index contributed by atoms with van der Waals surface area (Å²) in [6.45, 7) is 9.81. The zero-order valence-corrected chi connectivity index (χ0v) is 28.3. The standard InChI is InChI=1S/C46H33NOS/c1-28(11-10-12-30-27-48-42-17-8-5-13-32(30)42)29-19-24-41-37(25-29)33-14-4-7-16-40(33)47(41)31-20-21-36-39(26-31)46(2,3)38-23-22-35-34-15-6-9-18-43(34)49-45(35)44(36)38/h4-26H,1,27H2,2-3H3/b11-10-,30-12+. The predicted molar refractivity (Wildman–Crippen MR) is 209 cm³/mol. The minimum atomic E-state index is -0.108. The number of para-hydroxylation sites is 2. The molecule has 49 heavy (non-hydrogen) atoms. The average molecular weight is 648 g/mol. The van der Waals surface area contributed by atoms with Crippen LogP contribution < -0.4 is 4.74 Å². The molecule has 0 fully saturated rings. The van der Waals surface area contributed by atoms with Gasteiger partial charge in [-0.15, -0.1) is 11.3 Å². The molecule has 0 spiro atoms. The first-order valence-electron chi connectivity index (χ1n) is 16.9. The Morgan fingerprint density at radius 2 is 1.53 bits per heavy atom. The summed E-state index contributed by atoms with van der Waals surface area (Å²) in [5, 5.41) is 5.18. The molecule has 3 heterocycles. The van der Waals surface area contributed by atoms with Gasteiger partial charge in [-0.2, -0.15) is 0 Å². The second-order valence-electron chi connectivity index (χ2n) is 13.8. The smallest absolute Gasteiger partial charge is 0.127 e. The summed E-state index contributed by atoms with van der Waals surface area (Å²) in [7, 11) is 0. The lowest BCUT2D eigenvalue weighted by Gasteiger charge is -2.22. The van der Waals surface area contributed by atoms with Gasteiger partial charge in [0.05, 0.1) is 11.0 Å². The van der Waals surface area contributed by atoms with E-state index in [0.717, 1.165) is 16.9 Å². The van der Waals surface area contributed by atoms with Crippen LogP contribution in [0.15, 0.2) is 146 Å². The molecule has 0 unspecified atom stereocenters. The van der Waals surface area contributed by atoms with E-state index in [9.17, 15) is 0 Å². The van der Waals surface area contributed by atoms with Crippen molar-refractivity contribution in [1.29, 1.82) is 0 Å². The first kappa shape index (κ1) is 28.4. The Kier molecular flexibility index (Phi) is 6.04. The molecule has 0 bridgehead atoms. The van der Waals surface area contributed by atoms with Crippen molar-refractivity contribution in [2.24, 2.45) is 0 Å². The highest BCUT2D eigenvalue weighted by molar-refractivity contribution is 7.26. The molecule has 1 aliphatic carbocycles. The topological polar surface area (TPSA) is 14.2 Å². The van der Waals surface area contributed by atoms with Crippen LogP contribution >= 0.6 is 11.3 Å². The van der Waals surface area contributed by atoms with Crippen molar-refractivity contribution >= 4 is 64.5 Å². The highest BCUT2D eigenvalue weighted by Gasteiger charge is 2.37. The van der Waals surface area contributed by atoms with Crippen LogP contribution in [-0.2, 0) is 5.41 Å². The van der Waals surface area contributed by atoms with Crippen molar-refractivity contribution in [2.45, 2.75) is 19.3 Å². The fourth-order valence-electron chi connectivity index (χ4n) is 8.19. The van der Waals surface area contributed by atoms with E-state index in [1.54, 1.807) is 0 Å². The summed E-state index contributed by atoms with van der Waals surface area (Å²) in [6.07, 6.45) is 6.33. The van der Waals surface area contributed by atoms with E-state index in [-0.39, 0.29) is 5.41 Å². The molecule has 0 radical (unpaired) electrons. The summed E-state index contributed by atoms with van der Waals surface area (Å²) in [4.78, 5) is 0. The second-order valence-corrected chi connectivity index (χ2v) is 14.8. The van der Waals surface area contributed by atoms with Gasteiger partial charge in [0, 0.05) is 58.7 Å². The molecule has 3 heteroatoms. The minimum absolute atomic E-state index is 0.108. The van der Waals surface area contributed by atoms with E-state index in [1.807, 2.05) is 23.5 Å². The molecule has 10 rings (SSSR count). The second kappa shape index (κ2) is 10.4. The quantitative estimate of drug-likeness (QED) is 0.173. The lowest BCUT2D eigenvalue weighted by molar-refractivity contribution is 0.388. The minimum Gasteiger partial charge on any atom is -0.488 e. The third-order valence-corrected chi connectivity index (χ3v) is 11.9. The van der Waals surface area contributed by atoms with Gasteiger partial charge in [0.25, 0.3) is 0 Å². The van der Waals surface area contributed by atoms with Gasteiger partial charge in [-0.3, -0.25) is 0 Å². The Hall–Kier alpha value is -5.64. The maximum absolute atomic E-state index is 5.84. The molecule has 2 aliphatic rings. The number of thiophene rings is 1. The molecule has 2 aromatic heterocycles. The molecule has 1 aliphatic heterocycles. The Bertz CT molecular complexity index is 2770. The first-order valence-corrected chi connectivity index (χ1v) is 17.7. The third-order valence-electron chi connectivity index (χ3n) is 10.7. The highest BCUT2D eigenvalue weighted by Crippen LogP contribution is 2.54. The van der Waals surface area contributed by atoms with Crippen LogP contribution in [0.2, 0.25) is 0 Å². The Labute approximate surface area is 289 Å². The molecule has 2 nitrogen and oxygen atoms in total. The number of aromatic nitrogens is 1. The van der Waals surface area contributed by atoms with Crippen molar-refractivity contribution in [2.75, 3.05) is 6.61 Å². The van der Waals surface area contributed by atoms with Gasteiger partial charge in [0.2, 0.25) is 0 Å². The SMILES string of the molecule is C=C(/C=C\C=C1/COc2ccccc21)c1ccc2c(c1)c1ccccc1n2-c1ccc2c(c1)C(C)(C)c1ccc3c(sc4ccccc43)c1-2. The van der Waals surface area contributed by atoms with Gasteiger partial charge in [0.1, 0.15) is 12.4 Å². The maximum atomic E-state index is 5.84. The van der Waals surface area contributed by atoms with Gasteiger partial charge in [0.15, 0.2) is 0 Å². The van der Waals surface area contributed by atoms with E-state index < -0.39 is 0 Å². The summed E-state index contributed by atoms with van der Waals surface area (Å²) in [5.41, 5.74) is 13.5. The number of hydrogen-bond acceptors (Lipinski definition) is 2. The Morgan fingerprint density at radius 1 is 0.735 bits per heavy atom. The average Bonchev–Trinajstić information content (AvgIpc) is 3.87. The van der Waals surface area contributed by atoms with Crippen LogP contribution in [0.1, 0.15) is 36.1 Å². The molecule has 234 valence electrons. The number of ether oxygens (including phenoxy) is 1. The first-order chi connectivity index (χ1) is 24.0. The molecular formula is C46H33NOS. The van der Waals surface area contributed by atoms with E-state index in [4.69, 9.17) is 4.74 Å². The van der Waals surface area contributed by atoms with E-state index in [0.29, 0.717) is 6.61 Å². The molecule has 0 saturated carbocycles. The van der Waals surface area contributed by atoms with Crippen LogP contribution in [0.25, 0.3) is 69.9 Å². The fraction of sp³-hybridized carbons (Fsp3) is 0.0870. The van der Waals surface area contributed by atoms with E-state index >= 15 is 0 Å². The van der Waals surface area contributed by atoms with Crippen LogP contribution in [0.5, 0.6) is 5.75 Å². The molecule has 0 amide bonds. The van der Waals surface area contributed by atoms with Gasteiger partial charge >= 0.3 is 0 Å². The lowest BCUT2D eigenvalue weighted by Crippen LogP contribution is -2.15. The Balaban J connectivity index is 1.06. The monoisotopic (exact) mass is 647 g/mol. The molecule has 0 saturated heterocycles. The molecule has 8 aromatic rings. The van der Waals surface area contributed by atoms with Gasteiger partial charge in [-0.25, -0.2) is 0 Å². The molecule has 0 N–H and O–H groups in total. The molecule has 0 atom stereocenters. The van der Waals surface area contributed by atoms with Crippen molar-refractivity contribution in [3.63, 3.8) is 0 Å². The van der Waals surface area contributed by atoms with Gasteiger partial charge < -0.3 is 9.30 Å². The molecule has 6 aromatic carbocycles. The summed E-state index contributed by atoms with van der Waals surface area (Å²) in [6, 6.07) is 44.4. The normalized spacial score (nSPS) is 15.4. The summed E-state index contributed by atoms with van der Waals surface area (Å²) < 4.78 is 11.0. The van der Waals surface area contributed by atoms with Crippen LogP contribution in [0, 0.1) is 0 Å². The molecular weight excluding hydrogens is 615 g/mol. The lowest BCUT2D eigenvalue weighted by atomic mass is 9.82. The number of hydrogen-bond donors (Lipinski definition) is 0. The van der Waals surface area contributed by atoms with Gasteiger partial charge in [-0.1, -0.05) is 118 Å². The zero-order valence-electron chi connectivity index (χ0n) is 27.5. The van der Waals surface area contributed by atoms with Crippen molar-refractivity contribution in [1.82, 2.24) is 4.57 Å². The number of benzene rings is 6. The summed E-state index contributed by atoms with van der Waals surface area (Å²) in [5.74, 6) is 0.952. The number of rotatable bonds is 4. The third kappa shape index (κ3) is 4.12. The van der Waals surface area contributed by atoms with Gasteiger partial charge in [-0.05, 0) is 70.3 Å². The summed E-state index contributed by atoms with van der Waals surface area (Å²) >= 11 is 1.92. The van der Waals surface area contributed by atoms with Crippen LogP contribution in [0.3, 0.4) is 0 Å². The van der Waals surface area contributed by atoms with Crippen LogP contribution in [0.4, 0.5) is 0 Å². The van der Waals surface area contributed by atoms with Crippen molar-refractivity contribution in [3.8, 4) is 22.6 Å². The Morgan fingerprint density at radius 3 is 2.45 bits per heavy atom. The maximum Gasteiger partial charge on any atom is 0.127 e. The highest BCUT2D eigenvalue weighted by atomic mass is 32.1. The number of allylic oxidation sites excluding steroid dienone is 4. The predicted octanol–water partition coefficient (Wildman–Crippen LogP) is 12.5. The number of fused-ring (bicyclic) bond motifs is 11. The van der Waals surface area contributed by atoms with Crippen molar-refractivity contribution in [3.05, 3.63) is 168 Å². The largest absolute Gasteiger partial charge is 0.488 e. The van der Waals surface area contributed by atoms with E-state index in [2.05, 4.69) is 152 Å². The number of nitrogens with zero attached hydrogens (tertiary/aromatic N) is 1. The van der Waals surface area contributed by atoms with Crippen molar-refractivity contribution < 1.29 is 4.74 Å².